The average Bonchev–Trinajstić information content (AvgIpc) is 3.79. The van der Waals surface area contributed by atoms with Crippen LogP contribution < -0.4 is 4.90 Å². The van der Waals surface area contributed by atoms with Crippen molar-refractivity contribution in [1.82, 2.24) is 0 Å². The van der Waals surface area contributed by atoms with Gasteiger partial charge in [0, 0.05) is 22.4 Å². The molecule has 0 bridgehead atoms. The number of para-hydroxylation sites is 1. The molecule has 0 heterocycles. The Labute approximate surface area is 395 Å². The summed E-state index contributed by atoms with van der Waals surface area (Å²) in [6.07, 6.45) is 0. The topological polar surface area (TPSA) is 3.24 Å². The maximum absolute atomic E-state index is 2.51. The van der Waals surface area contributed by atoms with E-state index in [1.165, 1.54) is 94.2 Å². The average molecular weight is 860 g/mol. The molecule has 10 aromatic rings. The molecule has 0 atom stereocenters. The molecule has 0 saturated heterocycles. The van der Waals surface area contributed by atoms with Crippen LogP contribution in [0.15, 0.2) is 231 Å². The summed E-state index contributed by atoms with van der Waals surface area (Å²) < 4.78 is 0. The van der Waals surface area contributed by atoms with Crippen LogP contribution in [0.1, 0.15) is 73.6 Å². The predicted octanol–water partition coefficient (Wildman–Crippen LogP) is 17.6. The number of fused-ring (bicyclic) bond motifs is 7. The zero-order valence-electron chi connectivity index (χ0n) is 38.9. The van der Waals surface area contributed by atoms with Crippen molar-refractivity contribution in [2.45, 2.75) is 50.9 Å². The molecule has 0 radical (unpaired) electrons. The summed E-state index contributed by atoms with van der Waals surface area (Å²) in [5.41, 5.74) is 22.0. The van der Waals surface area contributed by atoms with Gasteiger partial charge >= 0.3 is 0 Å². The molecule has 10 aromatic carbocycles. The summed E-state index contributed by atoms with van der Waals surface area (Å²) in [4.78, 5) is 2.51. The molecule has 0 unspecified atom stereocenters. The number of hydrogen-bond acceptors (Lipinski definition) is 1. The second kappa shape index (κ2) is 15.4. The summed E-state index contributed by atoms with van der Waals surface area (Å²) in [6.45, 7) is 11.7. The molecule has 0 saturated carbocycles. The van der Waals surface area contributed by atoms with Crippen molar-refractivity contribution in [3.8, 4) is 44.5 Å². The minimum absolute atomic E-state index is 0.0511. The fraction of sp³-hybridized carbons (Fsp3) is 0.121. The highest BCUT2D eigenvalue weighted by atomic mass is 15.1. The molecule has 322 valence electrons. The van der Waals surface area contributed by atoms with E-state index in [9.17, 15) is 0 Å². The smallest absolute Gasteiger partial charge is 0.0714 e. The fourth-order valence-corrected chi connectivity index (χ4v) is 11.5. The van der Waals surface area contributed by atoms with Crippen LogP contribution in [0.4, 0.5) is 17.1 Å². The summed E-state index contributed by atoms with van der Waals surface area (Å²) in [5, 5.41) is 2.49. The van der Waals surface area contributed by atoms with Crippen molar-refractivity contribution in [2.24, 2.45) is 0 Å². The largest absolute Gasteiger partial charge is 0.310 e. The van der Waals surface area contributed by atoms with Gasteiger partial charge in [-0.05, 0) is 130 Å². The van der Waals surface area contributed by atoms with E-state index in [-0.39, 0.29) is 10.8 Å². The van der Waals surface area contributed by atoms with E-state index in [0.717, 1.165) is 17.1 Å². The molecule has 0 fully saturated rings. The molecule has 1 heteroatoms. The number of benzene rings is 10. The van der Waals surface area contributed by atoms with E-state index < -0.39 is 5.41 Å². The van der Waals surface area contributed by atoms with Crippen LogP contribution in [0, 0.1) is 0 Å². The molecule has 0 aromatic heterocycles. The number of nitrogens with zero attached hydrogens (tertiary/aromatic N) is 1. The number of rotatable bonds is 7. The molecule has 12 rings (SSSR count). The number of anilines is 3. The molecular formula is C66H53N. The third kappa shape index (κ3) is 6.36. The normalized spacial score (nSPS) is 14.0. The van der Waals surface area contributed by atoms with Crippen molar-refractivity contribution < 1.29 is 0 Å². The summed E-state index contributed by atoms with van der Waals surface area (Å²) >= 11 is 0. The Bertz CT molecular complexity index is 3480. The molecule has 67 heavy (non-hydrogen) atoms. The first-order valence-electron chi connectivity index (χ1n) is 23.8. The summed E-state index contributed by atoms with van der Waals surface area (Å²) in [6, 6.07) is 86.3. The van der Waals surface area contributed by atoms with Crippen LogP contribution in [0.25, 0.3) is 55.3 Å². The maximum Gasteiger partial charge on any atom is 0.0714 e. The Morgan fingerprint density at radius 3 is 1.66 bits per heavy atom. The van der Waals surface area contributed by atoms with Gasteiger partial charge < -0.3 is 4.90 Å². The Balaban J connectivity index is 1.10. The van der Waals surface area contributed by atoms with Gasteiger partial charge in [-0.3, -0.25) is 0 Å². The zero-order valence-corrected chi connectivity index (χ0v) is 38.9. The van der Waals surface area contributed by atoms with Gasteiger partial charge in [-0.1, -0.05) is 229 Å². The predicted molar refractivity (Wildman–Crippen MR) is 283 cm³/mol. The maximum atomic E-state index is 2.51. The lowest BCUT2D eigenvalue weighted by Gasteiger charge is -2.35. The Kier molecular flexibility index (Phi) is 9.38. The molecule has 2 aliphatic rings. The van der Waals surface area contributed by atoms with E-state index in [1.807, 2.05) is 0 Å². The number of hydrogen-bond donors (Lipinski definition) is 0. The minimum atomic E-state index is -0.531. The molecular weight excluding hydrogens is 807 g/mol. The molecule has 0 N–H and O–H groups in total. The quantitative estimate of drug-likeness (QED) is 0.154. The van der Waals surface area contributed by atoms with Crippen LogP contribution >= 0.6 is 0 Å². The molecule has 0 amide bonds. The highest BCUT2D eigenvalue weighted by Crippen LogP contribution is 2.58. The molecule has 1 nitrogen and oxygen atoms in total. The first kappa shape index (κ1) is 40.7. The van der Waals surface area contributed by atoms with Crippen LogP contribution in [0.5, 0.6) is 0 Å². The highest BCUT2D eigenvalue weighted by molar-refractivity contribution is 5.99. The first-order chi connectivity index (χ1) is 32.6. The summed E-state index contributed by atoms with van der Waals surface area (Å²) in [5.74, 6) is 0. The standard InChI is InChI=1S/C66H53N/c1-64(2,3)50-35-39-57-60(42-50)65(4,5)59-29-18-27-56(63(57)59)55-26-15-17-30-62(55)67(51-36-33-45(34-37-51)47-32-31-44-19-12-13-20-46(44)41-47)52-38-40-54-53-25-14-16-28-58(53)66(61(54)43-52,48-21-8-6-9-22-48)49-23-10-7-11-24-49/h6-43H,1-5H3. The van der Waals surface area contributed by atoms with Gasteiger partial charge in [-0.25, -0.2) is 0 Å². The Hall–Kier alpha value is -7.74. The lowest BCUT2D eigenvalue weighted by molar-refractivity contribution is 0.584. The van der Waals surface area contributed by atoms with Crippen molar-refractivity contribution >= 4 is 27.8 Å². The van der Waals surface area contributed by atoms with Crippen molar-refractivity contribution in [3.63, 3.8) is 0 Å². The third-order valence-corrected chi connectivity index (χ3v) is 14.9. The Morgan fingerprint density at radius 1 is 0.358 bits per heavy atom. The molecule has 0 spiro atoms. The minimum Gasteiger partial charge on any atom is -0.310 e. The summed E-state index contributed by atoms with van der Waals surface area (Å²) in [7, 11) is 0. The van der Waals surface area contributed by atoms with Gasteiger partial charge in [-0.2, -0.15) is 0 Å². The van der Waals surface area contributed by atoms with Crippen molar-refractivity contribution in [1.29, 1.82) is 0 Å². The van der Waals surface area contributed by atoms with Crippen LogP contribution in [-0.4, -0.2) is 0 Å². The van der Waals surface area contributed by atoms with Gasteiger partial charge in [0.1, 0.15) is 0 Å². The second-order valence-electron chi connectivity index (χ2n) is 20.1. The highest BCUT2D eigenvalue weighted by Gasteiger charge is 2.46. The van der Waals surface area contributed by atoms with Gasteiger partial charge in [0.2, 0.25) is 0 Å². The zero-order chi connectivity index (χ0) is 45.5. The van der Waals surface area contributed by atoms with Crippen LogP contribution in [0.3, 0.4) is 0 Å². The molecule has 2 aliphatic carbocycles. The second-order valence-corrected chi connectivity index (χ2v) is 20.1. The van der Waals surface area contributed by atoms with Crippen LogP contribution in [-0.2, 0) is 16.2 Å². The lowest BCUT2D eigenvalue weighted by Crippen LogP contribution is -2.28. The van der Waals surface area contributed by atoms with Crippen molar-refractivity contribution in [2.75, 3.05) is 4.90 Å². The van der Waals surface area contributed by atoms with Crippen molar-refractivity contribution in [3.05, 3.63) is 269 Å². The van der Waals surface area contributed by atoms with E-state index in [1.54, 1.807) is 0 Å². The van der Waals surface area contributed by atoms with E-state index in [0.29, 0.717) is 0 Å². The van der Waals surface area contributed by atoms with Gasteiger partial charge in [0.25, 0.3) is 0 Å². The Morgan fingerprint density at radius 2 is 0.925 bits per heavy atom. The van der Waals surface area contributed by atoms with Gasteiger partial charge in [-0.15, -0.1) is 0 Å². The van der Waals surface area contributed by atoms with E-state index in [4.69, 9.17) is 0 Å². The monoisotopic (exact) mass is 859 g/mol. The van der Waals surface area contributed by atoms with Gasteiger partial charge in [0.05, 0.1) is 11.1 Å². The third-order valence-electron chi connectivity index (χ3n) is 14.9. The molecule has 0 aliphatic heterocycles. The van der Waals surface area contributed by atoms with E-state index in [2.05, 4.69) is 270 Å². The van der Waals surface area contributed by atoms with E-state index >= 15 is 0 Å². The first-order valence-corrected chi connectivity index (χ1v) is 23.8. The lowest BCUT2D eigenvalue weighted by atomic mass is 9.67. The van der Waals surface area contributed by atoms with Gasteiger partial charge in [0.15, 0.2) is 0 Å². The van der Waals surface area contributed by atoms with Crippen LogP contribution in [0.2, 0.25) is 0 Å². The fourth-order valence-electron chi connectivity index (χ4n) is 11.5. The SMILES string of the molecule is CC(C)(C)c1ccc2c(c1)C(C)(C)c1cccc(-c3ccccc3N(c3ccc(-c4ccc5ccccc5c4)cc3)c3ccc4c(c3)C(c3ccccc3)(c3ccccc3)c3ccccc3-4)c1-2.